The molecular weight excluding hydrogens is 264 g/mol. The number of rotatable bonds is 4. The van der Waals surface area contributed by atoms with E-state index in [1.165, 1.54) is 30.0 Å². The van der Waals surface area contributed by atoms with Crippen molar-refractivity contribution in [2.24, 2.45) is 0 Å². The van der Waals surface area contributed by atoms with Crippen molar-refractivity contribution in [1.82, 2.24) is 5.32 Å². The molecule has 1 heterocycles. The topological polar surface area (TPSA) is 15.3 Å². The van der Waals surface area contributed by atoms with E-state index in [-0.39, 0.29) is 0 Å². The summed E-state index contributed by atoms with van der Waals surface area (Å²) in [4.78, 5) is 2.57. The predicted octanol–water partition coefficient (Wildman–Crippen LogP) is 3.91. The van der Waals surface area contributed by atoms with Gasteiger partial charge in [-0.1, -0.05) is 45.9 Å². The summed E-state index contributed by atoms with van der Waals surface area (Å²) in [6.07, 6.45) is 1.25. The fourth-order valence-electron chi connectivity index (χ4n) is 2.54. The first kappa shape index (κ1) is 15.7. The first-order valence-corrected chi connectivity index (χ1v) is 8.67. The molecule has 1 aliphatic heterocycles. The average molecular weight is 292 g/mol. The van der Waals surface area contributed by atoms with Gasteiger partial charge in [0, 0.05) is 41.9 Å². The second kappa shape index (κ2) is 6.86. The highest BCUT2D eigenvalue weighted by Crippen LogP contribution is 2.33. The van der Waals surface area contributed by atoms with E-state index in [4.69, 9.17) is 0 Å². The average Bonchev–Trinajstić information content (AvgIpc) is 2.58. The first-order valence-electron chi connectivity index (χ1n) is 7.68. The summed E-state index contributed by atoms with van der Waals surface area (Å²) >= 11 is 2.11. The molecule has 0 spiro atoms. The summed E-state index contributed by atoms with van der Waals surface area (Å²) in [7, 11) is 0. The maximum absolute atomic E-state index is 3.54. The number of nitrogens with zero attached hydrogens (tertiary/aromatic N) is 1. The molecule has 1 N–H and O–H groups in total. The van der Waals surface area contributed by atoms with Crippen LogP contribution in [0.15, 0.2) is 24.3 Å². The Balaban J connectivity index is 2.11. The number of thioether (sulfide) groups is 1. The zero-order valence-electron chi connectivity index (χ0n) is 13.3. The van der Waals surface area contributed by atoms with Crippen molar-refractivity contribution in [3.05, 3.63) is 29.8 Å². The molecule has 1 aromatic rings. The molecule has 0 bridgehead atoms. The molecule has 20 heavy (non-hydrogen) atoms. The number of nitrogens with one attached hydrogen (secondary N) is 1. The van der Waals surface area contributed by atoms with E-state index in [9.17, 15) is 0 Å². The van der Waals surface area contributed by atoms with Crippen molar-refractivity contribution < 1.29 is 0 Å². The largest absolute Gasteiger partial charge is 0.370 e. The van der Waals surface area contributed by atoms with Crippen LogP contribution < -0.4 is 10.2 Å². The van der Waals surface area contributed by atoms with E-state index >= 15 is 0 Å². The Morgan fingerprint density at radius 2 is 2.00 bits per heavy atom. The van der Waals surface area contributed by atoms with Crippen molar-refractivity contribution in [3.8, 4) is 0 Å². The SMILES string of the molecule is CC(C)NCc1ccccc1N1CCSC(C)(C)CC1. The standard InChI is InChI=1S/C17H28N2S/c1-14(2)18-13-15-7-5-6-8-16(15)19-10-9-17(3,4)20-12-11-19/h5-8,14,18H,9-13H2,1-4H3. The zero-order valence-corrected chi connectivity index (χ0v) is 14.1. The molecule has 1 aliphatic rings. The Morgan fingerprint density at radius 1 is 1.25 bits per heavy atom. The lowest BCUT2D eigenvalue weighted by Gasteiger charge is -2.26. The maximum Gasteiger partial charge on any atom is 0.0412 e. The number of anilines is 1. The second-order valence-corrected chi connectivity index (χ2v) is 8.31. The molecule has 0 aliphatic carbocycles. The van der Waals surface area contributed by atoms with Crippen LogP contribution in [0.4, 0.5) is 5.69 Å². The van der Waals surface area contributed by atoms with Crippen LogP contribution in [0.2, 0.25) is 0 Å². The van der Waals surface area contributed by atoms with Crippen molar-refractivity contribution in [3.63, 3.8) is 0 Å². The molecule has 112 valence electrons. The smallest absolute Gasteiger partial charge is 0.0412 e. The normalized spacial score (nSPS) is 19.1. The number of hydrogen-bond acceptors (Lipinski definition) is 3. The lowest BCUT2D eigenvalue weighted by molar-refractivity contribution is 0.586. The highest BCUT2D eigenvalue weighted by Gasteiger charge is 2.24. The Labute approximate surface area is 128 Å². The van der Waals surface area contributed by atoms with E-state index in [1.54, 1.807) is 0 Å². The van der Waals surface area contributed by atoms with E-state index in [2.05, 4.69) is 73.9 Å². The van der Waals surface area contributed by atoms with Crippen LogP contribution in [0.25, 0.3) is 0 Å². The Morgan fingerprint density at radius 3 is 2.75 bits per heavy atom. The van der Waals surface area contributed by atoms with Gasteiger partial charge in [-0.25, -0.2) is 0 Å². The molecule has 0 unspecified atom stereocenters. The molecule has 0 saturated carbocycles. The van der Waals surface area contributed by atoms with Crippen LogP contribution >= 0.6 is 11.8 Å². The van der Waals surface area contributed by atoms with Crippen LogP contribution in [0, 0.1) is 0 Å². The number of para-hydroxylation sites is 1. The van der Waals surface area contributed by atoms with Gasteiger partial charge in [0.15, 0.2) is 0 Å². The van der Waals surface area contributed by atoms with Gasteiger partial charge in [-0.15, -0.1) is 0 Å². The molecule has 1 saturated heterocycles. The molecular formula is C17H28N2S. The third kappa shape index (κ3) is 4.42. The van der Waals surface area contributed by atoms with E-state index in [0.29, 0.717) is 10.8 Å². The van der Waals surface area contributed by atoms with E-state index < -0.39 is 0 Å². The van der Waals surface area contributed by atoms with E-state index in [0.717, 1.165) is 13.1 Å². The first-order chi connectivity index (χ1) is 9.48. The van der Waals surface area contributed by atoms with Crippen molar-refractivity contribution in [2.45, 2.75) is 51.4 Å². The fourth-order valence-corrected chi connectivity index (χ4v) is 3.64. The Hall–Kier alpha value is -0.670. The van der Waals surface area contributed by atoms with Gasteiger partial charge in [0.05, 0.1) is 0 Å². The summed E-state index contributed by atoms with van der Waals surface area (Å²) in [5, 5.41) is 3.54. The molecule has 2 rings (SSSR count). The highest BCUT2D eigenvalue weighted by molar-refractivity contribution is 8.00. The summed E-state index contributed by atoms with van der Waals surface area (Å²) in [5.74, 6) is 1.22. The molecule has 3 heteroatoms. The Kier molecular flexibility index (Phi) is 5.39. The minimum atomic E-state index is 0.417. The molecule has 0 aromatic heterocycles. The van der Waals surface area contributed by atoms with Crippen molar-refractivity contribution in [2.75, 3.05) is 23.7 Å². The van der Waals surface area contributed by atoms with Gasteiger partial charge in [0.2, 0.25) is 0 Å². The third-order valence-electron chi connectivity index (χ3n) is 3.87. The monoisotopic (exact) mass is 292 g/mol. The maximum atomic E-state index is 3.54. The zero-order chi connectivity index (χ0) is 14.6. The van der Waals surface area contributed by atoms with Gasteiger partial charge in [0.1, 0.15) is 0 Å². The number of benzene rings is 1. The molecule has 0 radical (unpaired) electrons. The Bertz CT molecular complexity index is 429. The molecule has 0 amide bonds. The third-order valence-corrected chi connectivity index (χ3v) is 5.24. The van der Waals surface area contributed by atoms with Gasteiger partial charge in [-0.3, -0.25) is 0 Å². The van der Waals surface area contributed by atoms with Crippen molar-refractivity contribution in [1.29, 1.82) is 0 Å². The van der Waals surface area contributed by atoms with Gasteiger partial charge in [-0.05, 0) is 18.1 Å². The van der Waals surface area contributed by atoms with Crippen LogP contribution in [-0.4, -0.2) is 29.6 Å². The van der Waals surface area contributed by atoms with Gasteiger partial charge in [0.25, 0.3) is 0 Å². The van der Waals surface area contributed by atoms with Gasteiger partial charge >= 0.3 is 0 Å². The van der Waals surface area contributed by atoms with Gasteiger partial charge in [-0.2, -0.15) is 11.8 Å². The highest BCUT2D eigenvalue weighted by atomic mass is 32.2. The minimum absolute atomic E-state index is 0.417. The van der Waals surface area contributed by atoms with Gasteiger partial charge < -0.3 is 10.2 Å². The lowest BCUT2D eigenvalue weighted by Crippen LogP contribution is -2.29. The molecule has 1 fully saturated rings. The summed E-state index contributed by atoms with van der Waals surface area (Å²) < 4.78 is 0.417. The lowest BCUT2D eigenvalue weighted by atomic mass is 10.1. The van der Waals surface area contributed by atoms with Crippen molar-refractivity contribution >= 4 is 17.4 Å². The predicted molar refractivity (Wildman–Crippen MR) is 91.8 cm³/mol. The van der Waals surface area contributed by atoms with Crippen LogP contribution in [0.5, 0.6) is 0 Å². The quantitative estimate of drug-likeness (QED) is 0.906. The molecule has 1 aromatic carbocycles. The second-order valence-electron chi connectivity index (χ2n) is 6.51. The van der Waals surface area contributed by atoms with Crippen LogP contribution in [0.3, 0.4) is 0 Å². The summed E-state index contributed by atoms with van der Waals surface area (Å²) in [6.45, 7) is 12.4. The number of hydrogen-bond donors (Lipinski definition) is 1. The van der Waals surface area contributed by atoms with E-state index in [1.807, 2.05) is 0 Å². The molecule has 0 atom stereocenters. The van der Waals surface area contributed by atoms with Crippen LogP contribution in [-0.2, 0) is 6.54 Å². The molecule has 2 nitrogen and oxygen atoms in total. The minimum Gasteiger partial charge on any atom is -0.370 e. The van der Waals surface area contributed by atoms with Crippen LogP contribution in [0.1, 0.15) is 39.7 Å². The fraction of sp³-hybridized carbons (Fsp3) is 0.647. The summed E-state index contributed by atoms with van der Waals surface area (Å²) in [6, 6.07) is 9.38. The summed E-state index contributed by atoms with van der Waals surface area (Å²) in [5.41, 5.74) is 2.84.